The SMILES string of the molecule is c1ccc(-c2ccc(N(c3ccccc3)c3ccc4c(c3)-c3ccccc3-c3cccc5c3c-4cn5-c3cccc(-c4ccccc4)n3)cc2)cc1.c1ccc(-c2ccc(N(c3ccccc3)c3ccc4c(c3)-c3ccccc3-c3cccc5c3c-4cn5-c3ncccn3)cc2)cc1. The molecule has 0 amide bonds. The van der Waals surface area contributed by atoms with Crippen LogP contribution in [-0.2, 0) is 0 Å². The first kappa shape index (κ1) is 57.4. The molecule has 0 atom stereocenters. The van der Waals surface area contributed by atoms with Gasteiger partial charge in [-0.25, -0.2) is 15.0 Å². The van der Waals surface area contributed by atoms with Crippen LogP contribution in [0.1, 0.15) is 0 Å². The van der Waals surface area contributed by atoms with Crippen LogP contribution in [0.2, 0.25) is 0 Å². The molecule has 19 rings (SSSR count). The molecule has 0 spiro atoms. The summed E-state index contributed by atoms with van der Waals surface area (Å²) in [5.41, 5.74) is 30.2. The van der Waals surface area contributed by atoms with Crippen LogP contribution in [0.15, 0.2) is 371 Å². The monoisotopic (exact) mass is 1250 g/mol. The van der Waals surface area contributed by atoms with Gasteiger partial charge < -0.3 is 14.4 Å². The highest BCUT2D eigenvalue weighted by Crippen LogP contribution is 2.53. The van der Waals surface area contributed by atoms with E-state index in [9.17, 15) is 0 Å². The number of benzene rings is 13. The molecule has 0 radical (unpaired) electrons. The van der Waals surface area contributed by atoms with Crippen LogP contribution in [0.3, 0.4) is 0 Å². The maximum absolute atomic E-state index is 5.17. The van der Waals surface area contributed by atoms with Gasteiger partial charge in [-0.3, -0.25) is 4.57 Å². The van der Waals surface area contributed by atoms with E-state index >= 15 is 0 Å². The van der Waals surface area contributed by atoms with Crippen LogP contribution >= 0.6 is 0 Å². The molecule has 17 aromatic rings. The molecule has 4 heterocycles. The number of aromatic nitrogens is 5. The maximum Gasteiger partial charge on any atom is 0.234 e. The van der Waals surface area contributed by atoms with Gasteiger partial charge in [0.05, 0.1) is 16.7 Å². The van der Waals surface area contributed by atoms with E-state index in [4.69, 9.17) is 4.98 Å². The summed E-state index contributed by atoms with van der Waals surface area (Å²) in [7, 11) is 0. The zero-order valence-electron chi connectivity index (χ0n) is 53.3. The number of pyridine rings is 1. The first-order valence-electron chi connectivity index (χ1n) is 33.2. The molecule has 7 heteroatoms. The maximum atomic E-state index is 5.17. The normalized spacial score (nSPS) is 11.5. The van der Waals surface area contributed by atoms with Gasteiger partial charge in [-0.05, 0) is 181 Å². The summed E-state index contributed by atoms with van der Waals surface area (Å²) >= 11 is 0. The number of rotatable bonds is 11. The zero-order valence-corrected chi connectivity index (χ0v) is 53.3. The fourth-order valence-electron chi connectivity index (χ4n) is 14.6. The summed E-state index contributed by atoms with van der Waals surface area (Å²) in [5.74, 6) is 1.56. The Morgan fingerprint density at radius 3 is 1.04 bits per heavy atom. The molecular formula is C91H61N7. The van der Waals surface area contributed by atoms with Gasteiger partial charge in [0, 0.05) is 86.4 Å². The van der Waals surface area contributed by atoms with Crippen molar-refractivity contribution < 1.29 is 0 Å². The van der Waals surface area contributed by atoms with E-state index in [0.717, 1.165) is 62.2 Å². The lowest BCUT2D eigenvalue weighted by molar-refractivity contribution is 0.962. The fourth-order valence-corrected chi connectivity index (χ4v) is 14.6. The van der Waals surface area contributed by atoms with Crippen LogP contribution in [0, 0.1) is 0 Å². The lowest BCUT2D eigenvalue weighted by atomic mass is 9.93. The van der Waals surface area contributed by atoms with Gasteiger partial charge in [0.1, 0.15) is 5.82 Å². The van der Waals surface area contributed by atoms with Crippen LogP contribution in [0.5, 0.6) is 0 Å². The quantitative estimate of drug-likeness (QED) is 0.129. The molecule has 0 unspecified atom stereocenters. The number of anilines is 6. The van der Waals surface area contributed by atoms with Crippen molar-refractivity contribution in [1.29, 1.82) is 0 Å². The van der Waals surface area contributed by atoms with E-state index in [1.165, 1.54) is 99.8 Å². The standard InChI is InChI=1S/C49H33N3.C42H28N4/c1-4-14-34(15-5-1)35-26-28-38(29-27-35)52(37-18-8-3-9-19-37)39-30-31-42-44(32-39)41-21-11-10-20-40(41)43-22-12-24-47-49(43)45(42)33-51(47)48-25-13-23-46(50-48)36-16-6-2-7-17-36;1-3-11-29(12-4-1)30-19-21-32(22-20-30)46(31-13-5-2-6-14-31)33-23-24-36-38(27-33)35-16-8-7-15-34(35)37-17-9-18-40-41(37)39(36)28-45(40)42-43-25-10-26-44-42/h1-33H;1-28H. The molecule has 4 aromatic heterocycles. The van der Waals surface area contributed by atoms with E-state index in [0.29, 0.717) is 5.95 Å². The second-order valence-electron chi connectivity index (χ2n) is 24.7. The summed E-state index contributed by atoms with van der Waals surface area (Å²) in [6.45, 7) is 0. The van der Waals surface area contributed by atoms with Crippen molar-refractivity contribution in [2.75, 3.05) is 9.80 Å². The third kappa shape index (κ3) is 10.2. The summed E-state index contributed by atoms with van der Waals surface area (Å²) in [6, 6.07) is 123. The highest BCUT2D eigenvalue weighted by molar-refractivity contribution is 6.15. The number of fused-ring (bicyclic) bond motifs is 10. The molecular weight excluding hydrogens is 1190 g/mol. The Hall–Kier alpha value is -13.2. The average Bonchev–Trinajstić information content (AvgIpc) is 1.59. The zero-order chi connectivity index (χ0) is 64.9. The van der Waals surface area contributed by atoms with Crippen LogP contribution in [-0.4, -0.2) is 24.1 Å². The molecule has 0 saturated heterocycles. The molecule has 13 aromatic carbocycles. The van der Waals surface area contributed by atoms with Crippen molar-refractivity contribution in [3.05, 3.63) is 371 Å². The van der Waals surface area contributed by atoms with Crippen LogP contribution < -0.4 is 9.80 Å². The highest BCUT2D eigenvalue weighted by Gasteiger charge is 2.29. The number of nitrogens with zero attached hydrogens (tertiary/aromatic N) is 7. The van der Waals surface area contributed by atoms with Crippen molar-refractivity contribution in [3.63, 3.8) is 0 Å². The molecule has 98 heavy (non-hydrogen) atoms. The second-order valence-corrected chi connectivity index (χ2v) is 24.7. The van der Waals surface area contributed by atoms with Crippen molar-refractivity contribution in [1.82, 2.24) is 24.1 Å². The van der Waals surface area contributed by atoms with Gasteiger partial charge in [-0.15, -0.1) is 0 Å². The molecule has 0 N–H and O–H groups in total. The molecule has 2 aliphatic rings. The Balaban J connectivity index is 0.000000143. The van der Waals surface area contributed by atoms with Crippen molar-refractivity contribution in [2.24, 2.45) is 0 Å². The molecule has 2 aliphatic carbocycles. The molecule has 0 bridgehead atoms. The van der Waals surface area contributed by atoms with Gasteiger partial charge in [0.25, 0.3) is 0 Å². The number of para-hydroxylation sites is 2. The topological polar surface area (TPSA) is 55.0 Å². The van der Waals surface area contributed by atoms with Gasteiger partial charge >= 0.3 is 0 Å². The van der Waals surface area contributed by atoms with Crippen molar-refractivity contribution in [2.45, 2.75) is 0 Å². The number of hydrogen-bond acceptors (Lipinski definition) is 5. The van der Waals surface area contributed by atoms with Crippen LogP contribution in [0.4, 0.5) is 34.1 Å². The minimum Gasteiger partial charge on any atom is -0.310 e. The summed E-state index contributed by atoms with van der Waals surface area (Å²) in [5, 5.41) is 2.45. The van der Waals surface area contributed by atoms with Gasteiger partial charge in [0.15, 0.2) is 0 Å². The van der Waals surface area contributed by atoms with Gasteiger partial charge in [-0.2, -0.15) is 0 Å². The van der Waals surface area contributed by atoms with Gasteiger partial charge in [-0.1, -0.05) is 243 Å². The highest BCUT2D eigenvalue weighted by atomic mass is 15.2. The Bertz CT molecular complexity index is 5770. The molecule has 0 saturated carbocycles. The molecule has 7 nitrogen and oxygen atoms in total. The summed E-state index contributed by atoms with van der Waals surface area (Å²) in [4.78, 5) is 19.1. The minimum atomic E-state index is 0.664. The fraction of sp³-hybridized carbons (Fsp3) is 0. The molecule has 0 aliphatic heterocycles. The Labute approximate surface area is 569 Å². The summed E-state index contributed by atoms with van der Waals surface area (Å²) in [6.07, 6.45) is 8.07. The number of hydrogen-bond donors (Lipinski definition) is 0. The molecule has 0 fully saturated rings. The van der Waals surface area contributed by atoms with Crippen molar-refractivity contribution >= 4 is 55.9 Å². The van der Waals surface area contributed by atoms with E-state index in [-0.39, 0.29) is 0 Å². The average molecular weight is 1250 g/mol. The second kappa shape index (κ2) is 24.6. The van der Waals surface area contributed by atoms with Crippen molar-refractivity contribution in [3.8, 4) is 112 Å². The van der Waals surface area contributed by atoms with E-state index in [1.54, 1.807) is 12.4 Å². The lowest BCUT2D eigenvalue weighted by Crippen LogP contribution is -2.10. The lowest BCUT2D eigenvalue weighted by Gasteiger charge is -2.27. The van der Waals surface area contributed by atoms with Gasteiger partial charge in [0.2, 0.25) is 5.95 Å². The Morgan fingerprint density at radius 2 is 0.571 bits per heavy atom. The predicted molar refractivity (Wildman–Crippen MR) is 405 cm³/mol. The largest absolute Gasteiger partial charge is 0.310 e. The summed E-state index contributed by atoms with van der Waals surface area (Å²) < 4.78 is 4.38. The predicted octanol–water partition coefficient (Wildman–Crippen LogP) is 24.0. The first-order valence-corrected chi connectivity index (χ1v) is 33.2. The minimum absolute atomic E-state index is 0.664. The Morgan fingerprint density at radius 1 is 0.224 bits per heavy atom. The Kier molecular flexibility index (Phi) is 14.4. The van der Waals surface area contributed by atoms with E-state index in [1.807, 2.05) is 12.1 Å². The van der Waals surface area contributed by atoms with E-state index < -0.39 is 0 Å². The third-order valence-electron chi connectivity index (χ3n) is 19.1. The smallest absolute Gasteiger partial charge is 0.234 e. The van der Waals surface area contributed by atoms with E-state index in [2.05, 4.69) is 375 Å². The first-order chi connectivity index (χ1) is 48.6. The van der Waals surface area contributed by atoms with Crippen LogP contribution in [0.25, 0.3) is 134 Å². The third-order valence-corrected chi connectivity index (χ3v) is 19.1. The molecule has 460 valence electrons.